The van der Waals surface area contributed by atoms with Crippen LogP contribution in [0.4, 0.5) is 11.8 Å². The molecule has 9 heteroatoms. The molecular weight excluding hydrogens is 504 g/mol. The molecule has 0 amide bonds. The number of ether oxygens (including phenoxy) is 2. The third-order valence-corrected chi connectivity index (χ3v) is 7.16. The molecule has 2 aromatic heterocycles. The van der Waals surface area contributed by atoms with Gasteiger partial charge in [-0.05, 0) is 54.3 Å². The molecule has 0 saturated heterocycles. The van der Waals surface area contributed by atoms with E-state index in [2.05, 4.69) is 40.0 Å². The maximum Gasteiger partial charge on any atom is 0.221 e. The van der Waals surface area contributed by atoms with Crippen molar-refractivity contribution in [1.82, 2.24) is 19.9 Å². The van der Waals surface area contributed by atoms with E-state index in [0.29, 0.717) is 36.0 Å². The summed E-state index contributed by atoms with van der Waals surface area (Å²) < 4.78 is 11.6. The van der Waals surface area contributed by atoms with Crippen LogP contribution in [0.15, 0.2) is 67.0 Å². The molecule has 0 aliphatic carbocycles. The maximum absolute atomic E-state index is 12.1. The lowest BCUT2D eigenvalue weighted by atomic mass is 9.87. The summed E-state index contributed by atoms with van der Waals surface area (Å²) in [6.45, 7) is 2.76. The van der Waals surface area contributed by atoms with Gasteiger partial charge in [-0.1, -0.05) is 29.8 Å². The molecule has 0 radical (unpaired) electrons. The molecule has 0 saturated carbocycles. The Kier molecular flexibility index (Phi) is 7.63. The number of pyridine rings is 1. The average Bonchev–Trinajstić information content (AvgIpc) is 2.96. The first-order chi connectivity index (χ1) is 19.4. The standard InChI is InChI=1S/C31H32N6O3/c1-19-7-8-21-9-12-37(28(23(21)14-19)25-6-4-5-11-34-25)26(10-13-38)24-16-20(17-27(39-2)29(24)40-3)15-22-18-35-31(33)36-30(22)32/h4-8,10-11,13-14,16-18,28H,9,12,15H2,1-3H3,(H4,32,33,35,36). The summed E-state index contributed by atoms with van der Waals surface area (Å²) in [4.78, 5) is 27.3. The van der Waals surface area contributed by atoms with Crippen molar-refractivity contribution in [3.63, 3.8) is 0 Å². The molecular formula is C31H32N6O3. The second-order valence-corrected chi connectivity index (χ2v) is 9.69. The third-order valence-electron chi connectivity index (χ3n) is 7.16. The summed E-state index contributed by atoms with van der Waals surface area (Å²) >= 11 is 0. The number of aldehydes is 1. The average molecular weight is 537 g/mol. The Morgan fingerprint density at radius 3 is 2.65 bits per heavy atom. The van der Waals surface area contributed by atoms with E-state index in [1.807, 2.05) is 30.3 Å². The summed E-state index contributed by atoms with van der Waals surface area (Å²) in [6.07, 6.45) is 7.05. The molecule has 5 rings (SSSR count). The van der Waals surface area contributed by atoms with Crippen LogP contribution in [0.2, 0.25) is 0 Å². The Bertz CT molecular complexity index is 1570. The van der Waals surface area contributed by atoms with Crippen molar-refractivity contribution in [3.05, 3.63) is 106 Å². The molecule has 204 valence electrons. The van der Waals surface area contributed by atoms with Crippen molar-refractivity contribution in [2.24, 2.45) is 0 Å². The molecule has 40 heavy (non-hydrogen) atoms. The second-order valence-electron chi connectivity index (χ2n) is 9.69. The highest BCUT2D eigenvalue weighted by molar-refractivity contribution is 5.84. The van der Waals surface area contributed by atoms with Crippen LogP contribution in [-0.2, 0) is 17.6 Å². The SMILES string of the molecule is COc1cc(Cc2cnc(N)nc2N)cc(C(=CC=O)N2CCc3ccc(C)cc3C2c2ccccn2)c1OC. The van der Waals surface area contributed by atoms with Crippen LogP contribution < -0.4 is 20.9 Å². The second kappa shape index (κ2) is 11.4. The Morgan fingerprint density at radius 1 is 1.10 bits per heavy atom. The van der Waals surface area contributed by atoms with Gasteiger partial charge in [0.1, 0.15) is 12.1 Å². The van der Waals surface area contributed by atoms with E-state index in [0.717, 1.165) is 46.2 Å². The van der Waals surface area contributed by atoms with Gasteiger partial charge in [0.05, 0.1) is 31.7 Å². The predicted molar refractivity (Wildman–Crippen MR) is 155 cm³/mol. The number of nitrogens with two attached hydrogens (primary N) is 2. The Morgan fingerprint density at radius 2 is 1.95 bits per heavy atom. The maximum atomic E-state index is 12.1. The Hall–Kier alpha value is -4.92. The molecule has 1 atom stereocenters. The Labute approximate surface area is 233 Å². The van der Waals surface area contributed by atoms with E-state index in [-0.39, 0.29) is 12.0 Å². The van der Waals surface area contributed by atoms with Crippen molar-refractivity contribution >= 4 is 23.7 Å². The highest BCUT2D eigenvalue weighted by Crippen LogP contribution is 2.44. The summed E-state index contributed by atoms with van der Waals surface area (Å²) in [6, 6.07) is 16.1. The number of benzene rings is 2. The number of nitrogens with zero attached hydrogens (tertiary/aromatic N) is 4. The minimum Gasteiger partial charge on any atom is -0.493 e. The van der Waals surface area contributed by atoms with Gasteiger partial charge in [0, 0.05) is 42.6 Å². The molecule has 4 N–H and O–H groups in total. The highest BCUT2D eigenvalue weighted by Gasteiger charge is 2.33. The van der Waals surface area contributed by atoms with Gasteiger partial charge in [-0.15, -0.1) is 0 Å². The molecule has 2 aromatic carbocycles. The van der Waals surface area contributed by atoms with Crippen LogP contribution in [0.3, 0.4) is 0 Å². The lowest BCUT2D eigenvalue weighted by Crippen LogP contribution is -2.35. The quantitative estimate of drug-likeness (QED) is 0.252. The van der Waals surface area contributed by atoms with Crippen molar-refractivity contribution in [1.29, 1.82) is 0 Å². The van der Waals surface area contributed by atoms with Crippen LogP contribution in [0.25, 0.3) is 5.70 Å². The monoisotopic (exact) mass is 536 g/mol. The molecule has 0 bridgehead atoms. The normalized spacial score (nSPS) is 14.9. The first kappa shape index (κ1) is 26.7. The number of nitrogen functional groups attached to an aromatic ring is 2. The number of aryl methyl sites for hydroxylation is 1. The number of hydrogen-bond donors (Lipinski definition) is 2. The summed E-state index contributed by atoms with van der Waals surface area (Å²) in [7, 11) is 3.18. The van der Waals surface area contributed by atoms with Crippen molar-refractivity contribution < 1.29 is 14.3 Å². The summed E-state index contributed by atoms with van der Waals surface area (Å²) in [5.74, 6) is 1.48. The van der Waals surface area contributed by atoms with Crippen molar-refractivity contribution in [3.8, 4) is 11.5 Å². The van der Waals surface area contributed by atoms with Crippen LogP contribution in [0, 0.1) is 6.92 Å². The lowest BCUT2D eigenvalue weighted by Gasteiger charge is -2.40. The van der Waals surface area contributed by atoms with E-state index in [4.69, 9.17) is 25.9 Å². The number of allylic oxidation sites excluding steroid dienone is 1. The molecule has 1 aliphatic rings. The summed E-state index contributed by atoms with van der Waals surface area (Å²) in [5.41, 5.74) is 19.3. The van der Waals surface area contributed by atoms with Crippen LogP contribution in [0.5, 0.6) is 11.5 Å². The van der Waals surface area contributed by atoms with E-state index in [1.54, 1.807) is 32.7 Å². The first-order valence-corrected chi connectivity index (χ1v) is 13.0. The van der Waals surface area contributed by atoms with Crippen LogP contribution in [-0.4, -0.2) is 46.9 Å². The molecule has 3 heterocycles. The number of rotatable bonds is 8. The number of aromatic nitrogens is 3. The fourth-order valence-electron chi connectivity index (χ4n) is 5.36. The Balaban J connectivity index is 1.68. The molecule has 1 aliphatic heterocycles. The minimum atomic E-state index is -0.212. The molecule has 4 aromatic rings. The molecule has 0 fully saturated rings. The van der Waals surface area contributed by atoms with E-state index >= 15 is 0 Å². The van der Waals surface area contributed by atoms with Gasteiger partial charge in [0.25, 0.3) is 0 Å². The fourth-order valence-corrected chi connectivity index (χ4v) is 5.36. The van der Waals surface area contributed by atoms with Gasteiger partial charge in [0.15, 0.2) is 11.5 Å². The largest absolute Gasteiger partial charge is 0.493 e. The van der Waals surface area contributed by atoms with E-state index < -0.39 is 0 Å². The minimum absolute atomic E-state index is 0.117. The number of methoxy groups -OCH3 is 2. The lowest BCUT2D eigenvalue weighted by molar-refractivity contribution is -0.104. The zero-order chi connectivity index (χ0) is 28.2. The van der Waals surface area contributed by atoms with Crippen molar-refractivity contribution in [2.75, 3.05) is 32.2 Å². The third kappa shape index (κ3) is 5.18. The van der Waals surface area contributed by atoms with Gasteiger partial charge in [-0.3, -0.25) is 9.78 Å². The molecule has 9 nitrogen and oxygen atoms in total. The van der Waals surface area contributed by atoms with Gasteiger partial charge in [-0.25, -0.2) is 4.98 Å². The number of anilines is 2. The van der Waals surface area contributed by atoms with E-state index in [1.165, 1.54) is 5.56 Å². The van der Waals surface area contributed by atoms with Gasteiger partial charge < -0.3 is 25.8 Å². The number of carbonyl (C=O) groups excluding carboxylic acids is 1. The number of hydrogen-bond acceptors (Lipinski definition) is 9. The number of carbonyl (C=O) groups is 1. The predicted octanol–water partition coefficient (Wildman–Crippen LogP) is 4.14. The van der Waals surface area contributed by atoms with Gasteiger partial charge >= 0.3 is 0 Å². The zero-order valence-electron chi connectivity index (χ0n) is 22.8. The smallest absolute Gasteiger partial charge is 0.221 e. The van der Waals surface area contributed by atoms with Crippen molar-refractivity contribution in [2.45, 2.75) is 25.8 Å². The highest BCUT2D eigenvalue weighted by atomic mass is 16.5. The molecule has 1 unspecified atom stereocenters. The molecule has 0 spiro atoms. The zero-order valence-corrected chi connectivity index (χ0v) is 22.8. The van der Waals surface area contributed by atoms with Gasteiger partial charge in [0.2, 0.25) is 5.95 Å². The van der Waals surface area contributed by atoms with Gasteiger partial charge in [-0.2, -0.15) is 4.98 Å². The van der Waals surface area contributed by atoms with E-state index in [9.17, 15) is 4.79 Å². The van der Waals surface area contributed by atoms with Crippen LogP contribution in [0.1, 0.15) is 45.1 Å². The topological polar surface area (TPSA) is 129 Å². The first-order valence-electron chi connectivity index (χ1n) is 13.0. The summed E-state index contributed by atoms with van der Waals surface area (Å²) in [5, 5.41) is 0. The fraction of sp³-hybridized carbons (Fsp3) is 0.226. The van der Waals surface area contributed by atoms with Crippen LogP contribution >= 0.6 is 0 Å². The number of fused-ring (bicyclic) bond motifs is 1.